The molecule has 0 spiro atoms. The SMILES string of the molecule is COc1ccc(CN2N=N[C@H]3C(=O)N(c4ccccc4)C(=O)[C@H]32)cc1. The standard InChI is InChI=1S/C18H16N4O3/c1-25-14-9-7-12(8-10-14)11-21-16-15(19-20-21)17(23)22(18(16)24)13-5-3-2-4-6-13/h2-10,15-16H,11H2,1H3/t15-,16+/m1/s1. The van der Waals surface area contributed by atoms with Crippen molar-refractivity contribution < 1.29 is 14.3 Å². The fourth-order valence-corrected chi connectivity index (χ4v) is 3.10. The van der Waals surface area contributed by atoms with Crippen LogP contribution in [0.5, 0.6) is 5.75 Å². The van der Waals surface area contributed by atoms with Gasteiger partial charge >= 0.3 is 0 Å². The van der Waals surface area contributed by atoms with Crippen LogP contribution in [0.3, 0.4) is 0 Å². The molecule has 1 saturated heterocycles. The highest BCUT2D eigenvalue weighted by molar-refractivity contribution is 6.25. The third kappa shape index (κ3) is 2.53. The molecule has 0 radical (unpaired) electrons. The maximum absolute atomic E-state index is 12.8. The first-order valence-electron chi connectivity index (χ1n) is 7.92. The molecule has 0 bridgehead atoms. The maximum Gasteiger partial charge on any atom is 0.263 e. The van der Waals surface area contributed by atoms with Crippen molar-refractivity contribution in [1.82, 2.24) is 5.01 Å². The van der Waals surface area contributed by atoms with E-state index in [2.05, 4.69) is 10.3 Å². The topological polar surface area (TPSA) is 74.6 Å². The molecule has 0 unspecified atom stereocenters. The quantitative estimate of drug-likeness (QED) is 0.802. The van der Waals surface area contributed by atoms with Crippen LogP contribution in [-0.2, 0) is 16.1 Å². The Hall–Kier alpha value is -3.22. The predicted octanol–water partition coefficient (Wildman–Crippen LogP) is 2.19. The van der Waals surface area contributed by atoms with Gasteiger partial charge in [-0.15, -0.1) is 0 Å². The average Bonchev–Trinajstić information content (AvgIpc) is 3.17. The zero-order chi connectivity index (χ0) is 17.4. The number of carbonyl (C=O) groups excluding carboxylic acids is 2. The molecule has 1 fully saturated rings. The summed E-state index contributed by atoms with van der Waals surface area (Å²) in [4.78, 5) is 26.6. The lowest BCUT2D eigenvalue weighted by Crippen LogP contribution is -2.39. The van der Waals surface area contributed by atoms with Gasteiger partial charge < -0.3 is 4.74 Å². The van der Waals surface area contributed by atoms with E-state index in [-0.39, 0.29) is 11.8 Å². The fraction of sp³-hybridized carbons (Fsp3) is 0.222. The van der Waals surface area contributed by atoms with E-state index in [9.17, 15) is 9.59 Å². The summed E-state index contributed by atoms with van der Waals surface area (Å²) in [7, 11) is 1.61. The van der Waals surface area contributed by atoms with Gasteiger partial charge in [-0.3, -0.25) is 14.6 Å². The van der Waals surface area contributed by atoms with E-state index >= 15 is 0 Å². The van der Waals surface area contributed by atoms with Crippen molar-refractivity contribution in [2.75, 3.05) is 12.0 Å². The van der Waals surface area contributed by atoms with E-state index in [4.69, 9.17) is 4.74 Å². The monoisotopic (exact) mass is 336 g/mol. The number of nitrogens with zero attached hydrogens (tertiary/aromatic N) is 4. The van der Waals surface area contributed by atoms with Crippen LogP contribution in [0.1, 0.15) is 5.56 Å². The van der Waals surface area contributed by atoms with E-state index < -0.39 is 12.1 Å². The fourth-order valence-electron chi connectivity index (χ4n) is 3.10. The summed E-state index contributed by atoms with van der Waals surface area (Å²) in [5, 5.41) is 9.66. The van der Waals surface area contributed by atoms with E-state index in [1.54, 1.807) is 36.4 Å². The Balaban J connectivity index is 1.56. The van der Waals surface area contributed by atoms with Gasteiger partial charge in [-0.25, -0.2) is 4.90 Å². The lowest BCUT2D eigenvalue weighted by Gasteiger charge is -2.20. The van der Waals surface area contributed by atoms with E-state index in [0.717, 1.165) is 11.3 Å². The van der Waals surface area contributed by atoms with Crippen LogP contribution in [0.25, 0.3) is 0 Å². The highest BCUT2D eigenvalue weighted by atomic mass is 16.5. The molecule has 7 heteroatoms. The molecule has 2 atom stereocenters. The van der Waals surface area contributed by atoms with Crippen LogP contribution in [0.15, 0.2) is 64.9 Å². The van der Waals surface area contributed by atoms with Crippen LogP contribution in [0.4, 0.5) is 5.69 Å². The minimum absolute atomic E-state index is 0.292. The summed E-state index contributed by atoms with van der Waals surface area (Å²) >= 11 is 0. The minimum Gasteiger partial charge on any atom is -0.497 e. The minimum atomic E-state index is -0.772. The molecule has 2 aliphatic heterocycles. The molecule has 2 aliphatic rings. The molecule has 0 saturated carbocycles. The van der Waals surface area contributed by atoms with Crippen LogP contribution in [0.2, 0.25) is 0 Å². The lowest BCUT2D eigenvalue weighted by atomic mass is 10.1. The Morgan fingerprint density at radius 1 is 1.00 bits per heavy atom. The molecule has 7 nitrogen and oxygen atoms in total. The number of anilines is 1. The van der Waals surface area contributed by atoms with E-state index in [0.29, 0.717) is 12.2 Å². The molecule has 2 amide bonds. The summed E-state index contributed by atoms with van der Waals surface area (Å²) < 4.78 is 5.14. The molecule has 4 rings (SSSR count). The molecular formula is C18H16N4O3. The second-order valence-corrected chi connectivity index (χ2v) is 5.89. The smallest absolute Gasteiger partial charge is 0.263 e. The van der Waals surface area contributed by atoms with E-state index in [1.807, 2.05) is 30.3 Å². The van der Waals surface area contributed by atoms with Gasteiger partial charge in [-0.1, -0.05) is 35.6 Å². The van der Waals surface area contributed by atoms with Crippen molar-refractivity contribution >= 4 is 17.5 Å². The maximum atomic E-state index is 12.8. The van der Waals surface area contributed by atoms with E-state index in [1.165, 1.54) is 4.90 Å². The van der Waals surface area contributed by atoms with Crippen LogP contribution in [0, 0.1) is 0 Å². The van der Waals surface area contributed by atoms with Gasteiger partial charge in [0.2, 0.25) is 0 Å². The molecule has 0 aliphatic carbocycles. The Morgan fingerprint density at radius 2 is 1.72 bits per heavy atom. The van der Waals surface area contributed by atoms with Gasteiger partial charge in [-0.2, -0.15) is 5.11 Å². The van der Waals surface area contributed by atoms with Gasteiger partial charge in [0.05, 0.1) is 19.3 Å². The number of rotatable bonds is 4. The molecule has 2 aromatic rings. The normalized spacial score (nSPS) is 21.8. The average molecular weight is 336 g/mol. The van der Waals surface area contributed by atoms with Gasteiger partial charge in [0, 0.05) is 0 Å². The van der Waals surface area contributed by atoms with Crippen molar-refractivity contribution in [2.24, 2.45) is 10.3 Å². The number of benzene rings is 2. The van der Waals surface area contributed by atoms with Gasteiger partial charge in [0.1, 0.15) is 5.75 Å². The van der Waals surface area contributed by atoms with Gasteiger partial charge in [-0.05, 0) is 29.8 Å². The first kappa shape index (κ1) is 15.3. The van der Waals surface area contributed by atoms with Crippen molar-refractivity contribution in [1.29, 1.82) is 0 Å². The molecular weight excluding hydrogens is 320 g/mol. The summed E-state index contributed by atoms with van der Waals surface area (Å²) in [5.41, 5.74) is 1.52. The van der Waals surface area contributed by atoms with Crippen molar-refractivity contribution in [2.45, 2.75) is 18.6 Å². The van der Waals surface area contributed by atoms with Gasteiger partial charge in [0.25, 0.3) is 11.8 Å². The van der Waals surface area contributed by atoms with Crippen molar-refractivity contribution in [3.63, 3.8) is 0 Å². The Kier molecular flexibility index (Phi) is 3.68. The first-order chi connectivity index (χ1) is 12.2. The largest absolute Gasteiger partial charge is 0.497 e. The zero-order valence-corrected chi connectivity index (χ0v) is 13.6. The number of imide groups is 1. The number of para-hydroxylation sites is 1. The molecule has 126 valence electrons. The molecule has 2 aromatic carbocycles. The van der Waals surface area contributed by atoms with Crippen LogP contribution >= 0.6 is 0 Å². The molecule has 0 aromatic heterocycles. The lowest BCUT2D eigenvalue weighted by molar-refractivity contribution is -0.123. The zero-order valence-electron chi connectivity index (χ0n) is 13.6. The summed E-state index contributed by atoms with van der Waals surface area (Å²) in [6.45, 7) is 0.399. The number of carbonyl (C=O) groups is 2. The Labute approximate surface area is 144 Å². The predicted molar refractivity (Wildman–Crippen MR) is 89.9 cm³/mol. The number of hydrogen-bond acceptors (Lipinski definition) is 6. The molecule has 2 heterocycles. The first-order valence-corrected chi connectivity index (χ1v) is 7.92. The second-order valence-electron chi connectivity index (χ2n) is 5.89. The van der Waals surface area contributed by atoms with Gasteiger partial charge in [0.15, 0.2) is 12.1 Å². The summed E-state index contributed by atoms with van der Waals surface area (Å²) in [6.07, 6.45) is 0. The number of hydrogen-bond donors (Lipinski definition) is 0. The Bertz CT molecular complexity index is 835. The van der Waals surface area contributed by atoms with Crippen LogP contribution in [-0.4, -0.2) is 36.0 Å². The number of methoxy groups -OCH3 is 1. The van der Waals surface area contributed by atoms with Crippen LogP contribution < -0.4 is 9.64 Å². The second kappa shape index (κ2) is 6.01. The summed E-state index contributed by atoms with van der Waals surface area (Å²) in [5.74, 6) is 0.133. The molecule has 25 heavy (non-hydrogen) atoms. The van der Waals surface area contributed by atoms with Crippen molar-refractivity contribution in [3.05, 3.63) is 60.2 Å². The molecule has 0 N–H and O–H groups in total. The third-order valence-electron chi connectivity index (χ3n) is 4.38. The highest BCUT2D eigenvalue weighted by Gasteiger charge is 2.54. The number of ether oxygens (including phenoxy) is 1. The van der Waals surface area contributed by atoms with Crippen molar-refractivity contribution in [3.8, 4) is 5.75 Å². The highest BCUT2D eigenvalue weighted by Crippen LogP contribution is 2.32. The number of fused-ring (bicyclic) bond motifs is 1. The summed E-state index contributed by atoms with van der Waals surface area (Å²) in [6, 6.07) is 14.9. The number of amides is 2. The Morgan fingerprint density at radius 3 is 2.40 bits per heavy atom. The third-order valence-corrected chi connectivity index (χ3v) is 4.38.